The fourth-order valence-corrected chi connectivity index (χ4v) is 5.72. The molecule has 0 bridgehead atoms. The van der Waals surface area contributed by atoms with E-state index in [9.17, 15) is 4.79 Å². The SMILES string of the molecule is COc1ccc(CN2CCC([C@H](Cc3ccccc3)N(C)C(=O)c3ccn(C)n3)CC2)c2ccccc12. The predicted molar refractivity (Wildman–Crippen MR) is 148 cm³/mol. The predicted octanol–water partition coefficient (Wildman–Crippen LogP) is 5.18. The van der Waals surface area contributed by atoms with Crippen LogP contribution in [0.3, 0.4) is 0 Å². The summed E-state index contributed by atoms with van der Waals surface area (Å²) in [5.41, 5.74) is 3.10. The summed E-state index contributed by atoms with van der Waals surface area (Å²) in [5.74, 6) is 1.35. The molecule has 1 aliphatic rings. The fourth-order valence-electron chi connectivity index (χ4n) is 5.72. The van der Waals surface area contributed by atoms with Crippen LogP contribution >= 0.6 is 0 Å². The summed E-state index contributed by atoms with van der Waals surface area (Å²) in [6, 6.07) is 25.2. The molecule has 1 saturated heterocycles. The highest BCUT2D eigenvalue weighted by Gasteiger charge is 2.32. The molecule has 6 nitrogen and oxygen atoms in total. The quantitative estimate of drug-likeness (QED) is 0.337. The summed E-state index contributed by atoms with van der Waals surface area (Å²) in [4.78, 5) is 17.8. The summed E-state index contributed by atoms with van der Waals surface area (Å²) in [6.07, 6.45) is 4.80. The van der Waals surface area contributed by atoms with Gasteiger partial charge in [0.15, 0.2) is 0 Å². The van der Waals surface area contributed by atoms with Gasteiger partial charge in [-0.1, -0.05) is 60.7 Å². The molecule has 192 valence electrons. The van der Waals surface area contributed by atoms with E-state index in [4.69, 9.17) is 4.74 Å². The number of carbonyl (C=O) groups excluding carboxylic acids is 1. The molecule has 3 aromatic carbocycles. The highest BCUT2D eigenvalue weighted by atomic mass is 16.5. The highest BCUT2D eigenvalue weighted by Crippen LogP contribution is 2.31. The van der Waals surface area contributed by atoms with Gasteiger partial charge < -0.3 is 9.64 Å². The minimum Gasteiger partial charge on any atom is -0.496 e. The smallest absolute Gasteiger partial charge is 0.274 e. The Kier molecular flexibility index (Phi) is 7.56. The number of rotatable bonds is 8. The Balaban J connectivity index is 1.30. The molecular formula is C31H36N4O2. The van der Waals surface area contributed by atoms with Crippen LogP contribution in [0, 0.1) is 5.92 Å². The lowest BCUT2D eigenvalue weighted by Crippen LogP contribution is -2.47. The molecule has 1 aromatic heterocycles. The molecule has 6 heteroatoms. The van der Waals surface area contributed by atoms with Crippen molar-refractivity contribution in [1.82, 2.24) is 19.6 Å². The molecule has 2 heterocycles. The monoisotopic (exact) mass is 496 g/mol. The summed E-state index contributed by atoms with van der Waals surface area (Å²) in [5, 5.41) is 6.79. The van der Waals surface area contributed by atoms with Crippen molar-refractivity contribution >= 4 is 16.7 Å². The Labute approximate surface area is 219 Å². The first-order valence-electron chi connectivity index (χ1n) is 13.1. The Morgan fingerprint density at radius 2 is 1.70 bits per heavy atom. The molecule has 5 rings (SSSR count). The van der Waals surface area contributed by atoms with Crippen LogP contribution in [0.25, 0.3) is 10.8 Å². The van der Waals surface area contributed by atoms with Gasteiger partial charge in [0.2, 0.25) is 0 Å². The number of fused-ring (bicyclic) bond motifs is 1. The lowest BCUT2D eigenvalue weighted by molar-refractivity contribution is 0.0579. The number of piperidine rings is 1. The van der Waals surface area contributed by atoms with Crippen LogP contribution in [0.5, 0.6) is 5.75 Å². The number of carbonyl (C=O) groups is 1. The number of likely N-dealkylation sites (N-methyl/N-ethyl adjacent to an activating group) is 1. The van der Waals surface area contributed by atoms with E-state index in [2.05, 4.69) is 70.7 Å². The van der Waals surface area contributed by atoms with Crippen molar-refractivity contribution in [2.75, 3.05) is 27.2 Å². The van der Waals surface area contributed by atoms with Crippen LogP contribution in [0.1, 0.15) is 34.5 Å². The average Bonchev–Trinajstić information content (AvgIpc) is 3.38. The number of amides is 1. The molecule has 1 aliphatic heterocycles. The number of hydrogen-bond acceptors (Lipinski definition) is 4. The van der Waals surface area contributed by atoms with E-state index < -0.39 is 0 Å². The number of ether oxygens (including phenoxy) is 1. The lowest BCUT2D eigenvalue weighted by atomic mass is 9.84. The van der Waals surface area contributed by atoms with Gasteiger partial charge in [0.1, 0.15) is 11.4 Å². The second kappa shape index (κ2) is 11.2. The molecule has 4 aromatic rings. The van der Waals surface area contributed by atoms with Crippen LogP contribution in [-0.2, 0) is 20.0 Å². The third-order valence-electron chi connectivity index (χ3n) is 7.80. The highest BCUT2D eigenvalue weighted by molar-refractivity contribution is 5.92. The van der Waals surface area contributed by atoms with Crippen LogP contribution in [0.4, 0.5) is 0 Å². The van der Waals surface area contributed by atoms with Crippen molar-refractivity contribution in [1.29, 1.82) is 0 Å². The van der Waals surface area contributed by atoms with Crippen molar-refractivity contribution in [3.05, 3.63) is 95.8 Å². The zero-order valence-corrected chi connectivity index (χ0v) is 22.0. The summed E-state index contributed by atoms with van der Waals surface area (Å²) < 4.78 is 7.27. The van der Waals surface area contributed by atoms with E-state index in [1.54, 1.807) is 17.9 Å². The summed E-state index contributed by atoms with van der Waals surface area (Å²) >= 11 is 0. The maximum atomic E-state index is 13.3. The summed E-state index contributed by atoms with van der Waals surface area (Å²) in [6.45, 7) is 2.95. The molecule has 0 saturated carbocycles. The van der Waals surface area contributed by atoms with Gasteiger partial charge >= 0.3 is 0 Å². The third-order valence-corrected chi connectivity index (χ3v) is 7.80. The van der Waals surface area contributed by atoms with Crippen LogP contribution in [-0.4, -0.2) is 58.8 Å². The molecule has 0 N–H and O–H groups in total. The normalized spacial score (nSPS) is 15.5. The van der Waals surface area contributed by atoms with Gasteiger partial charge in [-0.25, -0.2) is 0 Å². The van der Waals surface area contributed by atoms with Gasteiger partial charge in [0, 0.05) is 38.3 Å². The van der Waals surface area contributed by atoms with E-state index in [0.29, 0.717) is 11.6 Å². The Morgan fingerprint density at radius 1 is 1.00 bits per heavy atom. The van der Waals surface area contributed by atoms with Gasteiger partial charge in [-0.15, -0.1) is 0 Å². The lowest BCUT2D eigenvalue weighted by Gasteiger charge is -2.40. The molecular weight excluding hydrogens is 460 g/mol. The Bertz CT molecular complexity index is 1340. The molecule has 0 aliphatic carbocycles. The van der Waals surface area contributed by atoms with E-state index in [1.807, 2.05) is 31.3 Å². The fraction of sp³-hybridized carbons (Fsp3) is 0.355. The molecule has 1 amide bonds. The number of aryl methyl sites for hydroxylation is 1. The second-order valence-corrected chi connectivity index (χ2v) is 10.1. The average molecular weight is 497 g/mol. The van der Waals surface area contributed by atoms with Gasteiger partial charge in [0.05, 0.1) is 7.11 Å². The van der Waals surface area contributed by atoms with E-state index >= 15 is 0 Å². The van der Waals surface area contributed by atoms with Gasteiger partial charge in [-0.2, -0.15) is 5.10 Å². The molecule has 1 atom stereocenters. The van der Waals surface area contributed by atoms with Gasteiger partial charge in [0.25, 0.3) is 5.91 Å². The van der Waals surface area contributed by atoms with Crippen molar-refractivity contribution in [2.24, 2.45) is 13.0 Å². The van der Waals surface area contributed by atoms with Crippen molar-refractivity contribution < 1.29 is 9.53 Å². The van der Waals surface area contributed by atoms with Gasteiger partial charge in [-0.3, -0.25) is 14.4 Å². The Morgan fingerprint density at radius 3 is 2.38 bits per heavy atom. The number of nitrogens with zero attached hydrogens (tertiary/aromatic N) is 4. The molecule has 0 unspecified atom stereocenters. The molecule has 1 fully saturated rings. The number of hydrogen-bond donors (Lipinski definition) is 0. The number of aromatic nitrogens is 2. The zero-order chi connectivity index (χ0) is 25.8. The second-order valence-electron chi connectivity index (χ2n) is 10.1. The summed E-state index contributed by atoms with van der Waals surface area (Å²) in [7, 11) is 5.52. The first-order chi connectivity index (χ1) is 18.0. The maximum Gasteiger partial charge on any atom is 0.274 e. The minimum atomic E-state index is -0.00587. The first kappa shape index (κ1) is 25.0. The zero-order valence-electron chi connectivity index (χ0n) is 22.0. The standard InChI is InChI=1S/C31H36N4O2/c1-33-18-17-28(32-33)31(36)34(2)29(21-23-9-5-4-6-10-23)24-15-19-35(20-16-24)22-25-13-14-30(37-3)27-12-8-7-11-26(25)27/h4-14,17-18,24,29H,15-16,19-22H2,1-3H3/t29-/m0/s1. The van der Waals surface area contributed by atoms with Crippen LogP contribution < -0.4 is 4.74 Å². The van der Waals surface area contributed by atoms with E-state index in [-0.39, 0.29) is 11.9 Å². The number of methoxy groups -OCH3 is 1. The first-order valence-corrected chi connectivity index (χ1v) is 13.1. The van der Waals surface area contributed by atoms with E-state index in [1.165, 1.54) is 16.5 Å². The van der Waals surface area contributed by atoms with Gasteiger partial charge in [-0.05, 0) is 66.9 Å². The van der Waals surface area contributed by atoms with E-state index in [0.717, 1.165) is 50.0 Å². The van der Waals surface area contributed by atoms with Crippen molar-refractivity contribution in [3.63, 3.8) is 0 Å². The third kappa shape index (κ3) is 5.54. The molecule has 0 spiro atoms. The largest absolute Gasteiger partial charge is 0.496 e. The molecule has 0 radical (unpaired) electrons. The molecule has 37 heavy (non-hydrogen) atoms. The number of benzene rings is 3. The maximum absolute atomic E-state index is 13.3. The minimum absolute atomic E-state index is 0.00587. The van der Waals surface area contributed by atoms with Crippen LogP contribution in [0.15, 0.2) is 79.0 Å². The number of likely N-dealkylation sites (tertiary alicyclic amines) is 1. The van der Waals surface area contributed by atoms with Crippen molar-refractivity contribution in [3.8, 4) is 5.75 Å². The van der Waals surface area contributed by atoms with Crippen molar-refractivity contribution in [2.45, 2.75) is 31.8 Å². The van der Waals surface area contributed by atoms with Crippen LogP contribution in [0.2, 0.25) is 0 Å². The topological polar surface area (TPSA) is 50.6 Å². The Hall–Kier alpha value is -3.64.